The quantitative estimate of drug-likeness (QED) is 0.216. The van der Waals surface area contributed by atoms with Gasteiger partial charge in [-0.2, -0.15) is 0 Å². The van der Waals surface area contributed by atoms with Crippen LogP contribution in [0.5, 0.6) is 6.01 Å². The number of aliphatic carboxylic acids is 1. The molecular formula is C30H32N4O6. The van der Waals surface area contributed by atoms with E-state index in [0.717, 1.165) is 5.56 Å². The lowest BCUT2D eigenvalue weighted by Gasteiger charge is -2.37. The number of aryl methyl sites for hydroxylation is 2. The van der Waals surface area contributed by atoms with E-state index in [1.807, 2.05) is 67.6 Å². The zero-order valence-electron chi connectivity index (χ0n) is 22.7. The molecule has 0 saturated heterocycles. The number of carboxylic acids is 1. The summed E-state index contributed by atoms with van der Waals surface area (Å²) in [6, 6.07) is 26.3. The number of methoxy groups -OCH3 is 1. The Morgan fingerprint density at radius 1 is 0.925 bits per heavy atom. The molecule has 0 unspecified atom stereocenters. The van der Waals surface area contributed by atoms with Gasteiger partial charge in [0.05, 0.1) is 4.92 Å². The van der Waals surface area contributed by atoms with Crippen LogP contribution in [0.4, 0.5) is 5.69 Å². The Bertz CT molecular complexity index is 1350. The van der Waals surface area contributed by atoms with Gasteiger partial charge in [0.15, 0.2) is 5.60 Å². The van der Waals surface area contributed by atoms with Crippen LogP contribution in [0.1, 0.15) is 41.0 Å². The third kappa shape index (κ3) is 7.04. The van der Waals surface area contributed by atoms with Crippen LogP contribution < -0.4 is 10.5 Å². The second-order valence-electron chi connectivity index (χ2n) is 9.08. The van der Waals surface area contributed by atoms with Crippen LogP contribution in [0.2, 0.25) is 0 Å². The maximum Gasteiger partial charge on any atom is 0.348 e. The van der Waals surface area contributed by atoms with E-state index in [1.165, 1.54) is 19.2 Å². The van der Waals surface area contributed by atoms with Crippen LogP contribution in [0.25, 0.3) is 0 Å². The van der Waals surface area contributed by atoms with E-state index in [0.29, 0.717) is 22.5 Å². The number of hydrogen-bond acceptors (Lipinski definition) is 8. The zero-order chi connectivity index (χ0) is 29.3. The summed E-state index contributed by atoms with van der Waals surface area (Å²) in [5.74, 6) is -1.18. The van der Waals surface area contributed by atoms with E-state index in [1.54, 1.807) is 32.0 Å². The Hall–Kier alpha value is -4.67. The van der Waals surface area contributed by atoms with Gasteiger partial charge in [-0.3, -0.25) is 10.1 Å². The molecule has 0 aliphatic carbocycles. The van der Waals surface area contributed by atoms with Crippen LogP contribution in [0.15, 0.2) is 91.0 Å². The van der Waals surface area contributed by atoms with Gasteiger partial charge in [0.1, 0.15) is 0 Å². The molecule has 0 amide bonds. The summed E-state index contributed by atoms with van der Waals surface area (Å²) in [4.78, 5) is 30.7. The van der Waals surface area contributed by atoms with Crippen molar-refractivity contribution in [1.82, 2.24) is 9.97 Å². The Balaban J connectivity index is 0.000000307. The minimum Gasteiger partial charge on any atom is -0.478 e. The first-order valence-electron chi connectivity index (χ1n) is 12.5. The van der Waals surface area contributed by atoms with Gasteiger partial charge in [-0.05, 0) is 43.5 Å². The lowest BCUT2D eigenvalue weighted by molar-refractivity contribution is -0.384. The molecule has 40 heavy (non-hydrogen) atoms. The standard InChI is InChI=1S/C22H22N2O4.C8H10N2O2/c1-15-14-16(2)24-21(23-15)28-19(20(25)26)22(27-3,17-10-6-4-7-11-17)18-12-8-5-9-13-18;1-6(9)7-2-4-8(5-3-7)10(11)12/h4-14,19H,1-3H3,(H,25,26);2-6H,9H2,1H3/t19-;6-/m10/s1. The molecule has 1 aromatic heterocycles. The first-order valence-corrected chi connectivity index (χ1v) is 12.5. The van der Waals surface area contributed by atoms with Crippen molar-refractivity contribution in [2.24, 2.45) is 5.73 Å². The molecule has 0 saturated carbocycles. The van der Waals surface area contributed by atoms with E-state index >= 15 is 0 Å². The Kier molecular flexibility index (Phi) is 10.0. The minimum absolute atomic E-state index is 0.00168. The maximum absolute atomic E-state index is 12.4. The van der Waals surface area contributed by atoms with Crippen molar-refractivity contribution in [3.63, 3.8) is 0 Å². The number of hydrogen-bond donors (Lipinski definition) is 2. The number of carbonyl (C=O) groups is 1. The smallest absolute Gasteiger partial charge is 0.348 e. The van der Waals surface area contributed by atoms with Gasteiger partial charge in [-0.15, -0.1) is 0 Å². The Morgan fingerprint density at radius 3 is 1.77 bits per heavy atom. The average Bonchev–Trinajstić information content (AvgIpc) is 2.94. The van der Waals surface area contributed by atoms with Crippen LogP contribution in [-0.4, -0.2) is 39.2 Å². The largest absolute Gasteiger partial charge is 0.478 e. The lowest BCUT2D eigenvalue weighted by Crippen LogP contribution is -2.50. The molecule has 0 aliphatic rings. The number of nitro groups is 1. The van der Waals surface area contributed by atoms with Crippen LogP contribution >= 0.6 is 0 Å². The van der Waals surface area contributed by atoms with Crippen LogP contribution in [0.3, 0.4) is 0 Å². The van der Waals surface area contributed by atoms with Crippen molar-refractivity contribution in [3.8, 4) is 6.01 Å². The molecule has 10 nitrogen and oxygen atoms in total. The number of ether oxygens (including phenoxy) is 2. The summed E-state index contributed by atoms with van der Waals surface area (Å²) in [6.45, 7) is 5.44. The molecule has 2 atom stereocenters. The van der Waals surface area contributed by atoms with Crippen molar-refractivity contribution in [3.05, 3.63) is 129 Å². The SMILES string of the molecule is COC(c1ccccc1)(c1ccccc1)[C@H](Oc1nc(C)cc(C)n1)C(=O)O.C[C@H](N)c1ccc([N+](=O)[O-])cc1. The predicted octanol–water partition coefficient (Wildman–Crippen LogP) is 5.13. The molecule has 4 rings (SSSR count). The summed E-state index contributed by atoms with van der Waals surface area (Å²) < 4.78 is 11.8. The number of benzene rings is 3. The Labute approximate surface area is 232 Å². The highest BCUT2D eigenvalue weighted by atomic mass is 16.6. The number of aromatic nitrogens is 2. The van der Waals surface area contributed by atoms with Crippen molar-refractivity contribution >= 4 is 11.7 Å². The second kappa shape index (κ2) is 13.4. The summed E-state index contributed by atoms with van der Waals surface area (Å²) in [6.07, 6.45) is -1.41. The fourth-order valence-electron chi connectivity index (χ4n) is 4.24. The lowest BCUT2D eigenvalue weighted by atomic mass is 9.81. The number of nitro benzene ring substituents is 1. The Morgan fingerprint density at radius 2 is 1.40 bits per heavy atom. The number of non-ortho nitro benzene ring substituents is 1. The van der Waals surface area contributed by atoms with Gasteiger partial charge in [0, 0.05) is 36.7 Å². The highest BCUT2D eigenvalue weighted by Crippen LogP contribution is 2.38. The van der Waals surface area contributed by atoms with Crippen LogP contribution in [-0.2, 0) is 15.1 Å². The molecule has 10 heteroatoms. The summed E-state index contributed by atoms with van der Waals surface area (Å²) in [7, 11) is 1.47. The molecule has 0 spiro atoms. The van der Waals surface area contributed by atoms with Gasteiger partial charge < -0.3 is 20.3 Å². The first kappa shape index (κ1) is 29.9. The fourth-order valence-corrected chi connectivity index (χ4v) is 4.24. The highest BCUT2D eigenvalue weighted by Gasteiger charge is 2.49. The number of nitrogens with two attached hydrogens (primary N) is 1. The minimum atomic E-state index is -1.41. The molecule has 3 aromatic carbocycles. The average molecular weight is 545 g/mol. The fraction of sp³-hybridized carbons (Fsp3) is 0.233. The zero-order valence-corrected chi connectivity index (χ0v) is 22.7. The van der Waals surface area contributed by atoms with Crippen molar-refractivity contribution in [1.29, 1.82) is 0 Å². The van der Waals surface area contributed by atoms with Crippen LogP contribution in [0, 0.1) is 24.0 Å². The normalized spacial score (nSPS) is 12.4. The maximum atomic E-state index is 12.4. The van der Waals surface area contributed by atoms with Gasteiger partial charge in [0.25, 0.3) is 5.69 Å². The van der Waals surface area contributed by atoms with Gasteiger partial charge in [-0.25, -0.2) is 14.8 Å². The molecule has 0 fully saturated rings. The van der Waals surface area contributed by atoms with E-state index in [-0.39, 0.29) is 17.7 Å². The van der Waals surface area contributed by atoms with Gasteiger partial charge in [-0.1, -0.05) is 72.8 Å². The summed E-state index contributed by atoms with van der Waals surface area (Å²) in [5, 5.41) is 20.4. The molecule has 0 radical (unpaired) electrons. The molecule has 0 bridgehead atoms. The molecule has 208 valence electrons. The third-order valence-electron chi connectivity index (χ3n) is 6.14. The van der Waals surface area contributed by atoms with Gasteiger partial charge in [0.2, 0.25) is 6.10 Å². The number of nitrogens with zero attached hydrogens (tertiary/aromatic N) is 3. The molecular weight excluding hydrogens is 512 g/mol. The van der Waals surface area contributed by atoms with Crippen molar-refractivity contribution < 1.29 is 24.3 Å². The van der Waals surface area contributed by atoms with E-state index in [2.05, 4.69) is 9.97 Å². The number of rotatable bonds is 9. The topological polar surface area (TPSA) is 151 Å². The molecule has 1 heterocycles. The molecule has 3 N–H and O–H groups in total. The molecule has 4 aromatic rings. The highest BCUT2D eigenvalue weighted by molar-refractivity contribution is 5.76. The summed E-state index contributed by atoms with van der Waals surface area (Å²) in [5.41, 5.74) is 7.86. The monoisotopic (exact) mass is 544 g/mol. The predicted molar refractivity (Wildman–Crippen MR) is 150 cm³/mol. The summed E-state index contributed by atoms with van der Waals surface area (Å²) >= 11 is 0. The van der Waals surface area contributed by atoms with E-state index in [9.17, 15) is 20.0 Å². The van der Waals surface area contributed by atoms with Crippen molar-refractivity contribution in [2.45, 2.75) is 38.5 Å². The van der Waals surface area contributed by atoms with E-state index < -0.39 is 22.6 Å². The molecule has 0 aliphatic heterocycles. The van der Waals surface area contributed by atoms with Crippen molar-refractivity contribution in [2.75, 3.05) is 7.11 Å². The first-order chi connectivity index (χ1) is 19.1. The third-order valence-corrected chi connectivity index (χ3v) is 6.14. The van der Waals surface area contributed by atoms with Gasteiger partial charge >= 0.3 is 12.0 Å². The van der Waals surface area contributed by atoms with E-state index in [4.69, 9.17) is 15.2 Å². The number of carboxylic acid groups (broad SMARTS) is 1. The second-order valence-corrected chi connectivity index (χ2v) is 9.08.